The number of ketones is 2. The fourth-order valence-electron chi connectivity index (χ4n) is 4.64. The third-order valence-electron chi connectivity index (χ3n) is 6.56. The van der Waals surface area contributed by atoms with Crippen LogP contribution in [0.1, 0.15) is 23.6 Å². The Morgan fingerprint density at radius 3 is 2.60 bits per heavy atom. The number of hydrogen-bond donors (Lipinski definition) is 3. The van der Waals surface area contributed by atoms with E-state index >= 15 is 0 Å². The molecule has 160 valence electrons. The fraction of sp³-hybridized carbons (Fsp3) is 0.478. The number of nitrogens with one attached hydrogen (secondary N) is 2. The number of hydrogen-bond acceptors (Lipinski definition) is 7. The van der Waals surface area contributed by atoms with Gasteiger partial charge in [0.1, 0.15) is 5.75 Å². The van der Waals surface area contributed by atoms with E-state index in [-0.39, 0.29) is 28.9 Å². The molecule has 30 heavy (non-hydrogen) atoms. The van der Waals surface area contributed by atoms with Crippen LogP contribution in [0.2, 0.25) is 0 Å². The highest BCUT2D eigenvalue weighted by Gasteiger charge is 2.50. The van der Waals surface area contributed by atoms with Crippen molar-refractivity contribution in [1.29, 1.82) is 0 Å². The molecule has 7 heteroatoms. The quantitative estimate of drug-likeness (QED) is 0.555. The van der Waals surface area contributed by atoms with Gasteiger partial charge in [-0.05, 0) is 85.9 Å². The summed E-state index contributed by atoms with van der Waals surface area (Å²) < 4.78 is 0. The normalized spacial score (nSPS) is 26.7. The number of carbonyl (C=O) groups is 2. The fourth-order valence-corrected chi connectivity index (χ4v) is 5.32. The molecule has 2 unspecified atom stereocenters. The maximum absolute atomic E-state index is 12.3. The summed E-state index contributed by atoms with van der Waals surface area (Å²) in [6.45, 7) is 2.64. The van der Waals surface area contributed by atoms with Crippen LogP contribution in [0.3, 0.4) is 0 Å². The zero-order chi connectivity index (χ0) is 21.5. The number of phenolic OH excluding ortho intramolecular Hbond substituents is 1. The first kappa shape index (κ1) is 21.2. The number of aromatic hydroxyl groups is 1. The Balaban J connectivity index is 1.41. The molecule has 2 aromatic rings. The largest absolute Gasteiger partial charge is 0.508 e. The van der Waals surface area contributed by atoms with Crippen molar-refractivity contribution < 1.29 is 14.7 Å². The Bertz CT molecular complexity index is 943. The predicted octanol–water partition coefficient (Wildman–Crippen LogP) is 1.55. The number of carbonyl (C=O) groups excluding carboxylic acids is 2. The van der Waals surface area contributed by atoms with Crippen LogP contribution in [0.15, 0.2) is 35.0 Å². The Morgan fingerprint density at radius 2 is 1.90 bits per heavy atom. The highest BCUT2D eigenvalue weighted by atomic mass is 32.1. The van der Waals surface area contributed by atoms with E-state index in [0.717, 1.165) is 24.8 Å². The predicted molar refractivity (Wildman–Crippen MR) is 118 cm³/mol. The van der Waals surface area contributed by atoms with E-state index in [4.69, 9.17) is 0 Å². The Hall–Kier alpha value is -2.06. The molecule has 1 fully saturated rings. The van der Waals surface area contributed by atoms with Gasteiger partial charge < -0.3 is 20.6 Å². The van der Waals surface area contributed by atoms with Gasteiger partial charge in [0, 0.05) is 18.1 Å². The van der Waals surface area contributed by atoms with Crippen molar-refractivity contribution in [2.45, 2.75) is 49.9 Å². The second-order valence-corrected chi connectivity index (χ2v) is 9.67. The molecule has 1 saturated carbocycles. The number of rotatable bonds is 8. The van der Waals surface area contributed by atoms with E-state index in [9.17, 15) is 14.7 Å². The highest BCUT2D eigenvalue weighted by Crippen LogP contribution is 2.35. The summed E-state index contributed by atoms with van der Waals surface area (Å²) in [5.41, 5.74) is 3.40. The van der Waals surface area contributed by atoms with E-state index in [1.165, 1.54) is 11.1 Å². The van der Waals surface area contributed by atoms with Gasteiger partial charge in [-0.1, -0.05) is 6.07 Å². The summed E-state index contributed by atoms with van der Waals surface area (Å²) in [5.74, 6) is -0.389. The second-order valence-electron chi connectivity index (χ2n) is 8.89. The number of thiophene rings is 1. The van der Waals surface area contributed by atoms with Crippen LogP contribution in [0.25, 0.3) is 0 Å². The Morgan fingerprint density at radius 1 is 1.17 bits per heavy atom. The number of fused-ring (bicyclic) bond motifs is 1. The first-order valence-electron chi connectivity index (χ1n) is 10.4. The maximum atomic E-state index is 12.3. The minimum absolute atomic E-state index is 0.104. The van der Waals surface area contributed by atoms with Crippen molar-refractivity contribution in [2.75, 3.05) is 20.6 Å². The lowest BCUT2D eigenvalue weighted by atomic mass is 9.81. The molecule has 0 saturated heterocycles. The number of nitrogens with zero attached hydrogens (tertiary/aromatic N) is 1. The smallest absolute Gasteiger partial charge is 0.219 e. The second kappa shape index (κ2) is 8.23. The number of phenols is 1. The summed E-state index contributed by atoms with van der Waals surface area (Å²) in [6, 6.07) is 6.76. The number of benzene rings is 1. The van der Waals surface area contributed by atoms with Crippen molar-refractivity contribution in [1.82, 2.24) is 15.5 Å². The van der Waals surface area contributed by atoms with E-state index in [2.05, 4.69) is 27.0 Å². The monoisotopic (exact) mass is 427 g/mol. The Labute approximate surface area is 181 Å². The molecule has 4 rings (SSSR count). The van der Waals surface area contributed by atoms with Crippen LogP contribution >= 0.6 is 11.3 Å². The summed E-state index contributed by atoms with van der Waals surface area (Å²) in [6.07, 6.45) is 2.46. The molecular formula is C23H29N3O3S. The third-order valence-corrected chi connectivity index (χ3v) is 7.29. The van der Waals surface area contributed by atoms with Crippen LogP contribution in [0.5, 0.6) is 5.75 Å². The van der Waals surface area contributed by atoms with Gasteiger partial charge in [0.2, 0.25) is 11.6 Å². The van der Waals surface area contributed by atoms with E-state index in [0.29, 0.717) is 6.54 Å². The molecule has 0 amide bonds. The SMILES string of the molecule is C[C@@H](Cc1ccsc1)N[C@@H]1C(=O)C(=O)C1NCC1(N(C)C)Cc2ccc(O)cc2C1. The molecule has 0 aliphatic heterocycles. The van der Waals surface area contributed by atoms with Crippen LogP contribution in [-0.2, 0) is 28.9 Å². The van der Waals surface area contributed by atoms with Crippen molar-refractivity contribution in [3.63, 3.8) is 0 Å². The average molecular weight is 428 g/mol. The summed E-state index contributed by atoms with van der Waals surface area (Å²) >= 11 is 1.66. The highest BCUT2D eigenvalue weighted by molar-refractivity contribution is 7.07. The standard InChI is InChI=1S/C23H29N3O3S/c1-14(8-15-6-7-30-12-15)25-20-19(21(28)22(20)29)24-13-23(26(2)3)10-16-4-5-18(27)9-17(16)11-23/h4-7,9,12,14,19-20,24-25,27H,8,10-11,13H2,1-3H3/t14-,19?,20-,23?/m0/s1. The minimum atomic E-state index is -0.489. The van der Waals surface area contributed by atoms with Crippen LogP contribution in [0.4, 0.5) is 0 Å². The van der Waals surface area contributed by atoms with E-state index < -0.39 is 12.1 Å². The molecule has 4 atom stereocenters. The lowest BCUT2D eigenvalue weighted by Gasteiger charge is -2.41. The third kappa shape index (κ3) is 3.95. The van der Waals surface area contributed by atoms with Crippen molar-refractivity contribution >= 4 is 22.9 Å². The molecule has 6 nitrogen and oxygen atoms in total. The van der Waals surface area contributed by atoms with Crippen LogP contribution in [-0.4, -0.2) is 65.9 Å². The van der Waals surface area contributed by atoms with Gasteiger partial charge in [-0.3, -0.25) is 9.59 Å². The van der Waals surface area contributed by atoms with Crippen molar-refractivity contribution in [2.24, 2.45) is 0 Å². The van der Waals surface area contributed by atoms with Gasteiger partial charge in [0.25, 0.3) is 0 Å². The van der Waals surface area contributed by atoms with Gasteiger partial charge in [-0.2, -0.15) is 11.3 Å². The zero-order valence-corrected chi connectivity index (χ0v) is 18.5. The number of likely N-dealkylation sites (N-methyl/N-ethyl adjacent to an activating group) is 1. The molecule has 2 aliphatic carbocycles. The molecule has 0 spiro atoms. The topological polar surface area (TPSA) is 81.7 Å². The zero-order valence-electron chi connectivity index (χ0n) is 17.6. The lowest BCUT2D eigenvalue weighted by Crippen LogP contribution is -2.72. The first-order valence-corrected chi connectivity index (χ1v) is 11.3. The van der Waals surface area contributed by atoms with Crippen molar-refractivity contribution in [3.8, 4) is 5.75 Å². The Kier molecular flexibility index (Phi) is 5.81. The summed E-state index contributed by atoms with van der Waals surface area (Å²) in [5, 5.41) is 20.7. The maximum Gasteiger partial charge on any atom is 0.219 e. The first-order chi connectivity index (χ1) is 14.3. The van der Waals surface area contributed by atoms with Crippen LogP contribution < -0.4 is 10.6 Å². The summed E-state index contributed by atoms with van der Waals surface area (Å²) in [4.78, 5) is 26.7. The molecule has 3 N–H and O–H groups in total. The van der Waals surface area contributed by atoms with Gasteiger partial charge >= 0.3 is 0 Å². The number of Topliss-reactive ketones (excluding diaryl/α,β-unsaturated/α-hetero) is 2. The van der Waals surface area contributed by atoms with E-state index in [1.807, 2.05) is 38.5 Å². The lowest BCUT2D eigenvalue weighted by molar-refractivity contribution is -0.147. The van der Waals surface area contributed by atoms with Crippen molar-refractivity contribution in [3.05, 3.63) is 51.7 Å². The van der Waals surface area contributed by atoms with Gasteiger partial charge in [-0.15, -0.1) is 0 Å². The van der Waals surface area contributed by atoms with Gasteiger partial charge in [0.15, 0.2) is 0 Å². The molecule has 1 aromatic heterocycles. The van der Waals surface area contributed by atoms with E-state index in [1.54, 1.807) is 17.4 Å². The molecular weight excluding hydrogens is 398 g/mol. The molecule has 0 bridgehead atoms. The van der Waals surface area contributed by atoms with Gasteiger partial charge in [-0.25, -0.2) is 0 Å². The molecule has 1 aromatic carbocycles. The molecule has 0 radical (unpaired) electrons. The van der Waals surface area contributed by atoms with Gasteiger partial charge in [0.05, 0.1) is 12.1 Å². The van der Waals surface area contributed by atoms with Crippen LogP contribution in [0, 0.1) is 0 Å². The molecule has 2 aliphatic rings. The molecule has 1 heterocycles. The summed E-state index contributed by atoms with van der Waals surface area (Å²) in [7, 11) is 4.08. The average Bonchev–Trinajstić information content (AvgIpc) is 3.34. The minimum Gasteiger partial charge on any atom is -0.508 e.